The average molecular weight is 446 g/mol. The van der Waals surface area contributed by atoms with Gasteiger partial charge in [-0.2, -0.15) is 13.2 Å². The Balaban J connectivity index is 1.80. The maximum Gasteiger partial charge on any atom is 0.417 e. The molecule has 0 fully saturated rings. The monoisotopic (exact) mass is 446 g/mol. The Morgan fingerprint density at radius 3 is 2.47 bits per heavy atom. The van der Waals surface area contributed by atoms with Crippen molar-refractivity contribution in [2.75, 3.05) is 5.32 Å². The molecule has 0 spiro atoms. The Bertz CT molecular complexity index is 1230. The van der Waals surface area contributed by atoms with E-state index in [-0.39, 0.29) is 30.0 Å². The summed E-state index contributed by atoms with van der Waals surface area (Å²) in [5, 5.41) is 14.2. The molecule has 32 heavy (non-hydrogen) atoms. The largest absolute Gasteiger partial charge is 0.481 e. The molecule has 7 nitrogen and oxygen atoms in total. The molecule has 0 saturated carbocycles. The maximum atomic E-state index is 14.5. The van der Waals surface area contributed by atoms with Gasteiger partial charge in [-0.1, -0.05) is 18.2 Å². The second kappa shape index (κ2) is 7.91. The minimum atomic E-state index is -4.85. The van der Waals surface area contributed by atoms with Crippen LogP contribution in [0.25, 0.3) is 11.4 Å². The van der Waals surface area contributed by atoms with Crippen LogP contribution in [0.1, 0.15) is 27.2 Å². The first-order valence-electron chi connectivity index (χ1n) is 9.26. The summed E-state index contributed by atoms with van der Waals surface area (Å²) in [6.07, 6.45) is -5.04. The van der Waals surface area contributed by atoms with Crippen molar-refractivity contribution in [3.05, 3.63) is 70.7 Å². The van der Waals surface area contributed by atoms with E-state index in [1.807, 2.05) is 0 Å². The highest BCUT2D eigenvalue weighted by atomic mass is 19.4. The summed E-state index contributed by atoms with van der Waals surface area (Å²) in [5.41, 5.74) is -0.971. The molecular weight excluding hydrogens is 432 g/mol. The molecule has 0 unspecified atom stereocenters. The second-order valence-electron chi connectivity index (χ2n) is 6.95. The van der Waals surface area contributed by atoms with Crippen LogP contribution in [-0.2, 0) is 23.9 Å². The number of nitrogens with one attached hydrogen (secondary N) is 2. The minimum absolute atomic E-state index is 0.0354. The van der Waals surface area contributed by atoms with Gasteiger partial charge < -0.3 is 15.7 Å². The molecule has 11 heteroatoms. The van der Waals surface area contributed by atoms with Gasteiger partial charge >= 0.3 is 12.1 Å². The van der Waals surface area contributed by atoms with E-state index >= 15 is 0 Å². The summed E-state index contributed by atoms with van der Waals surface area (Å²) in [7, 11) is 0. The highest BCUT2D eigenvalue weighted by Gasteiger charge is 2.37. The highest BCUT2D eigenvalue weighted by molar-refractivity contribution is 6.03. The lowest BCUT2D eigenvalue weighted by molar-refractivity contribution is -0.137. The smallest absolute Gasteiger partial charge is 0.417 e. The number of nitrogens with zero attached hydrogens (tertiary/aromatic N) is 2. The SMILES string of the molecule is O=C(O)Cc1ccc(Nc2nc(-c3c(F)cccc3C(F)(F)F)nc3c2C(=O)NC3)cc1. The normalized spacial score (nSPS) is 12.9. The van der Waals surface area contributed by atoms with Crippen molar-refractivity contribution in [1.29, 1.82) is 0 Å². The van der Waals surface area contributed by atoms with Gasteiger partial charge in [-0.15, -0.1) is 0 Å². The van der Waals surface area contributed by atoms with Crippen LogP contribution in [0.4, 0.5) is 29.1 Å². The van der Waals surface area contributed by atoms with Crippen molar-refractivity contribution < 1.29 is 32.3 Å². The van der Waals surface area contributed by atoms with Gasteiger partial charge in [0, 0.05) is 5.69 Å². The van der Waals surface area contributed by atoms with E-state index in [0.717, 1.165) is 18.2 Å². The second-order valence-corrected chi connectivity index (χ2v) is 6.95. The van der Waals surface area contributed by atoms with E-state index in [2.05, 4.69) is 20.6 Å². The fourth-order valence-corrected chi connectivity index (χ4v) is 3.33. The lowest BCUT2D eigenvalue weighted by Gasteiger charge is -2.15. The fraction of sp³-hybridized carbons (Fsp3) is 0.143. The third-order valence-corrected chi connectivity index (χ3v) is 4.74. The zero-order valence-electron chi connectivity index (χ0n) is 16.1. The van der Waals surface area contributed by atoms with Gasteiger partial charge in [0.25, 0.3) is 5.91 Å². The quantitative estimate of drug-likeness (QED) is 0.514. The summed E-state index contributed by atoms with van der Waals surface area (Å²) >= 11 is 0. The van der Waals surface area contributed by atoms with Crippen molar-refractivity contribution in [2.24, 2.45) is 0 Å². The number of hydrogen-bond donors (Lipinski definition) is 3. The van der Waals surface area contributed by atoms with Gasteiger partial charge in [-0.05, 0) is 29.8 Å². The number of benzene rings is 2. The summed E-state index contributed by atoms with van der Waals surface area (Å²) in [6.45, 7) is -0.0499. The number of carboxylic acids is 1. The number of hydrogen-bond acceptors (Lipinski definition) is 5. The molecule has 3 aromatic rings. The standard InChI is InChI=1S/C21H14F4N4O3/c22-13-3-1-2-12(21(23,24)25)16(13)18-28-14-9-26-20(32)17(14)19(29-18)27-11-6-4-10(5-7-11)8-15(30)31/h1-7H,8-9H2,(H,26,32)(H,30,31)(H,27,28,29). The van der Waals surface area contributed by atoms with E-state index in [1.165, 1.54) is 24.3 Å². The Morgan fingerprint density at radius 2 is 1.81 bits per heavy atom. The van der Waals surface area contributed by atoms with Gasteiger partial charge in [-0.25, -0.2) is 14.4 Å². The van der Waals surface area contributed by atoms with E-state index < -0.39 is 40.8 Å². The van der Waals surface area contributed by atoms with E-state index in [4.69, 9.17) is 5.11 Å². The summed E-state index contributed by atoms with van der Waals surface area (Å²) in [5.74, 6) is -3.30. The number of rotatable bonds is 5. The van der Waals surface area contributed by atoms with E-state index in [1.54, 1.807) is 0 Å². The van der Waals surface area contributed by atoms with Crippen LogP contribution >= 0.6 is 0 Å². The van der Waals surface area contributed by atoms with Crippen LogP contribution in [0.2, 0.25) is 0 Å². The number of carbonyl (C=O) groups excluding carboxylic acids is 1. The average Bonchev–Trinajstić information content (AvgIpc) is 3.09. The number of alkyl halides is 3. The van der Waals surface area contributed by atoms with Gasteiger partial charge in [0.2, 0.25) is 0 Å². The fourth-order valence-electron chi connectivity index (χ4n) is 3.33. The first-order valence-corrected chi connectivity index (χ1v) is 9.26. The number of carboxylic acid groups (broad SMARTS) is 1. The molecule has 1 aliphatic heterocycles. The predicted octanol–water partition coefficient (Wildman–Crippen LogP) is 3.92. The molecule has 3 N–H and O–H groups in total. The van der Waals surface area contributed by atoms with Crippen molar-refractivity contribution in [3.63, 3.8) is 0 Å². The van der Waals surface area contributed by atoms with Gasteiger partial charge in [0.1, 0.15) is 17.2 Å². The molecule has 0 atom stereocenters. The Labute approximate surface area is 178 Å². The Kier molecular flexibility index (Phi) is 5.25. The number of anilines is 2. The van der Waals surface area contributed by atoms with Crippen molar-refractivity contribution in [1.82, 2.24) is 15.3 Å². The van der Waals surface area contributed by atoms with Crippen LogP contribution in [0, 0.1) is 5.82 Å². The van der Waals surface area contributed by atoms with E-state index in [0.29, 0.717) is 11.3 Å². The maximum absolute atomic E-state index is 14.5. The zero-order valence-corrected chi connectivity index (χ0v) is 16.1. The summed E-state index contributed by atoms with van der Waals surface area (Å²) < 4.78 is 54.9. The number of fused-ring (bicyclic) bond motifs is 1. The van der Waals surface area contributed by atoms with Crippen molar-refractivity contribution in [3.8, 4) is 11.4 Å². The topological polar surface area (TPSA) is 104 Å². The molecule has 164 valence electrons. The van der Waals surface area contributed by atoms with Crippen LogP contribution < -0.4 is 10.6 Å². The molecule has 4 rings (SSSR count). The molecule has 0 radical (unpaired) electrons. The lowest BCUT2D eigenvalue weighted by Crippen LogP contribution is -2.14. The molecular formula is C21H14F4N4O3. The first-order chi connectivity index (χ1) is 15.1. The molecule has 1 aromatic heterocycles. The first kappa shape index (κ1) is 21.2. The molecule has 2 aromatic carbocycles. The number of halogens is 4. The number of aliphatic carboxylic acids is 1. The third kappa shape index (κ3) is 4.09. The molecule has 0 bridgehead atoms. The van der Waals surface area contributed by atoms with E-state index in [9.17, 15) is 27.2 Å². The third-order valence-electron chi connectivity index (χ3n) is 4.74. The molecule has 2 heterocycles. The lowest BCUT2D eigenvalue weighted by atomic mass is 10.0. The number of aromatic nitrogens is 2. The summed E-state index contributed by atoms with van der Waals surface area (Å²) in [4.78, 5) is 31.1. The molecule has 1 amide bonds. The predicted molar refractivity (Wildman–Crippen MR) is 105 cm³/mol. The van der Waals surface area contributed by atoms with Gasteiger partial charge in [-0.3, -0.25) is 9.59 Å². The van der Waals surface area contributed by atoms with Crippen LogP contribution in [-0.4, -0.2) is 27.0 Å². The van der Waals surface area contributed by atoms with Crippen LogP contribution in [0.3, 0.4) is 0 Å². The highest BCUT2D eigenvalue weighted by Crippen LogP contribution is 2.38. The minimum Gasteiger partial charge on any atom is -0.481 e. The zero-order chi connectivity index (χ0) is 23.0. The Morgan fingerprint density at radius 1 is 1.09 bits per heavy atom. The van der Waals surface area contributed by atoms with Crippen molar-refractivity contribution in [2.45, 2.75) is 19.1 Å². The molecule has 0 aliphatic carbocycles. The Hall–Kier alpha value is -4.02. The van der Waals surface area contributed by atoms with Crippen LogP contribution in [0.15, 0.2) is 42.5 Å². The van der Waals surface area contributed by atoms with Crippen molar-refractivity contribution >= 4 is 23.4 Å². The van der Waals surface area contributed by atoms with Gasteiger partial charge in [0.15, 0.2) is 5.82 Å². The number of carbonyl (C=O) groups is 2. The number of amides is 1. The van der Waals surface area contributed by atoms with Crippen LogP contribution in [0.5, 0.6) is 0 Å². The van der Waals surface area contributed by atoms with Gasteiger partial charge in [0.05, 0.1) is 29.8 Å². The molecule has 0 saturated heterocycles. The summed E-state index contributed by atoms with van der Waals surface area (Å²) in [6, 6.07) is 8.69. The molecule has 1 aliphatic rings.